The minimum absolute atomic E-state index is 0.117. The summed E-state index contributed by atoms with van der Waals surface area (Å²) in [6.07, 6.45) is 4.09. The van der Waals surface area contributed by atoms with E-state index in [1.807, 2.05) is 12.1 Å². The molecule has 3 heterocycles. The summed E-state index contributed by atoms with van der Waals surface area (Å²) in [7, 11) is 3.38. The van der Waals surface area contributed by atoms with Crippen LogP contribution in [-0.2, 0) is 11.8 Å². The zero-order chi connectivity index (χ0) is 24.8. The number of urea groups is 1. The minimum Gasteiger partial charge on any atom is -0.495 e. The number of likely N-dealkylation sites (tertiary alicyclic amines) is 1. The van der Waals surface area contributed by atoms with Crippen molar-refractivity contribution in [3.8, 4) is 5.75 Å². The van der Waals surface area contributed by atoms with Crippen LogP contribution in [0.2, 0.25) is 5.02 Å². The minimum atomic E-state index is -0.308. The van der Waals surface area contributed by atoms with Crippen molar-refractivity contribution in [2.24, 2.45) is 7.05 Å². The van der Waals surface area contributed by atoms with Gasteiger partial charge in [-0.15, -0.1) is 0 Å². The number of hydrogen-bond acceptors (Lipinski definition) is 6. The number of anilines is 2. The molecule has 1 aliphatic heterocycles. The summed E-state index contributed by atoms with van der Waals surface area (Å²) in [6, 6.07) is 11.9. The lowest BCUT2D eigenvalue weighted by Gasteiger charge is -2.38. The Kier molecular flexibility index (Phi) is 7.84. The quantitative estimate of drug-likeness (QED) is 0.462. The Bertz CT molecular complexity index is 1150. The van der Waals surface area contributed by atoms with E-state index in [1.54, 1.807) is 61.6 Å². The van der Waals surface area contributed by atoms with Gasteiger partial charge in [0.1, 0.15) is 5.75 Å². The van der Waals surface area contributed by atoms with Crippen molar-refractivity contribution in [1.82, 2.24) is 25.0 Å². The van der Waals surface area contributed by atoms with Gasteiger partial charge in [-0.2, -0.15) is 5.10 Å². The highest BCUT2D eigenvalue weighted by Gasteiger charge is 2.33. The Hall–Kier alpha value is -3.63. The maximum Gasteiger partial charge on any atom is 0.319 e. The van der Waals surface area contributed by atoms with Gasteiger partial charge < -0.3 is 20.7 Å². The maximum absolute atomic E-state index is 12.7. The fourth-order valence-corrected chi connectivity index (χ4v) is 4.23. The van der Waals surface area contributed by atoms with Crippen LogP contribution in [-0.4, -0.2) is 64.4 Å². The van der Waals surface area contributed by atoms with Crippen molar-refractivity contribution in [3.63, 3.8) is 0 Å². The van der Waals surface area contributed by atoms with E-state index in [1.165, 1.54) is 0 Å². The standard InChI is InChI=1S/C24H28ClN7O3/c1-31-11-10-22(30-31)29-23(33)15-32-12-9-21(19(14-32)20-8-7-18(35-2)13-26-20)28-24(34)27-17-5-3-16(25)4-6-17/h3-8,10-11,13,19,21H,9,12,14-15H2,1-2H3,(H2,27,28,34)(H,29,30,33). The molecule has 0 bridgehead atoms. The molecule has 0 radical (unpaired) electrons. The van der Waals surface area contributed by atoms with Crippen molar-refractivity contribution < 1.29 is 14.3 Å². The van der Waals surface area contributed by atoms with Crippen LogP contribution in [0.3, 0.4) is 0 Å². The van der Waals surface area contributed by atoms with E-state index in [-0.39, 0.29) is 30.4 Å². The molecule has 2 unspecified atom stereocenters. The number of carbonyl (C=O) groups is 2. The lowest BCUT2D eigenvalue weighted by molar-refractivity contribution is -0.117. The predicted octanol–water partition coefficient (Wildman–Crippen LogP) is 3.10. The van der Waals surface area contributed by atoms with Crippen molar-refractivity contribution in [2.75, 3.05) is 37.4 Å². The first-order chi connectivity index (χ1) is 16.9. The molecule has 3 amide bonds. The summed E-state index contributed by atoms with van der Waals surface area (Å²) in [5, 5.41) is 13.5. The van der Waals surface area contributed by atoms with Crippen LogP contribution < -0.4 is 20.7 Å². The fraction of sp³-hybridized carbons (Fsp3) is 0.333. The van der Waals surface area contributed by atoms with E-state index >= 15 is 0 Å². The number of carbonyl (C=O) groups excluding carboxylic acids is 2. The van der Waals surface area contributed by atoms with Gasteiger partial charge in [0.2, 0.25) is 5.91 Å². The molecule has 1 fully saturated rings. The molecule has 0 spiro atoms. The van der Waals surface area contributed by atoms with Crippen LogP contribution in [0, 0.1) is 0 Å². The van der Waals surface area contributed by atoms with Gasteiger partial charge in [-0.25, -0.2) is 4.79 Å². The SMILES string of the molecule is COc1ccc(C2CN(CC(=O)Nc3ccn(C)n3)CCC2NC(=O)Nc2ccc(Cl)cc2)nc1. The summed E-state index contributed by atoms with van der Waals surface area (Å²) >= 11 is 5.93. The number of ether oxygens (including phenoxy) is 1. The number of methoxy groups -OCH3 is 1. The third-order valence-corrected chi connectivity index (χ3v) is 6.09. The first-order valence-electron chi connectivity index (χ1n) is 11.2. The van der Waals surface area contributed by atoms with Crippen LogP contribution in [0.5, 0.6) is 5.75 Å². The summed E-state index contributed by atoms with van der Waals surface area (Å²) in [4.78, 5) is 31.9. The number of aryl methyl sites for hydroxylation is 1. The first kappa shape index (κ1) is 24.5. The number of piperidine rings is 1. The number of aromatic nitrogens is 3. The molecule has 3 N–H and O–H groups in total. The fourth-order valence-electron chi connectivity index (χ4n) is 4.10. The Labute approximate surface area is 208 Å². The molecule has 35 heavy (non-hydrogen) atoms. The topological polar surface area (TPSA) is 113 Å². The molecule has 11 heteroatoms. The third-order valence-electron chi connectivity index (χ3n) is 5.84. The number of nitrogens with one attached hydrogen (secondary N) is 3. The third kappa shape index (κ3) is 6.71. The molecule has 10 nitrogen and oxygen atoms in total. The van der Waals surface area contributed by atoms with Crippen molar-refractivity contribution in [2.45, 2.75) is 18.4 Å². The Morgan fingerprint density at radius 3 is 2.60 bits per heavy atom. The van der Waals surface area contributed by atoms with Crippen molar-refractivity contribution in [3.05, 3.63) is 65.6 Å². The molecule has 4 rings (SSSR count). The summed E-state index contributed by atoms with van der Waals surface area (Å²) in [6.45, 7) is 1.42. The summed E-state index contributed by atoms with van der Waals surface area (Å²) < 4.78 is 6.86. The van der Waals surface area contributed by atoms with E-state index in [9.17, 15) is 9.59 Å². The van der Waals surface area contributed by atoms with E-state index in [0.717, 1.165) is 5.69 Å². The lowest BCUT2D eigenvalue weighted by atomic mass is 9.88. The lowest BCUT2D eigenvalue weighted by Crippen LogP contribution is -2.52. The highest BCUT2D eigenvalue weighted by Crippen LogP contribution is 2.27. The number of benzene rings is 1. The number of nitrogens with zero attached hydrogens (tertiary/aromatic N) is 4. The molecule has 1 aromatic carbocycles. The monoisotopic (exact) mass is 497 g/mol. The van der Waals surface area contributed by atoms with Gasteiger partial charge >= 0.3 is 6.03 Å². The number of hydrogen-bond donors (Lipinski definition) is 3. The van der Waals surface area contributed by atoms with E-state index in [0.29, 0.717) is 41.8 Å². The molecule has 184 valence electrons. The molecule has 1 aliphatic rings. The predicted molar refractivity (Wildman–Crippen MR) is 134 cm³/mol. The van der Waals surface area contributed by atoms with Gasteiger partial charge in [0.05, 0.1) is 19.9 Å². The highest BCUT2D eigenvalue weighted by atomic mass is 35.5. The molecular weight excluding hydrogens is 470 g/mol. The number of halogens is 1. The smallest absolute Gasteiger partial charge is 0.319 e. The molecule has 2 atom stereocenters. The van der Waals surface area contributed by atoms with Crippen molar-refractivity contribution >= 4 is 35.0 Å². The average Bonchev–Trinajstić information content (AvgIpc) is 3.25. The highest BCUT2D eigenvalue weighted by molar-refractivity contribution is 6.30. The molecule has 3 aromatic rings. The van der Waals surface area contributed by atoms with E-state index < -0.39 is 0 Å². The van der Waals surface area contributed by atoms with Gasteiger partial charge in [-0.05, 0) is 42.8 Å². The number of pyridine rings is 1. The number of amides is 3. The first-order valence-corrected chi connectivity index (χ1v) is 11.6. The largest absolute Gasteiger partial charge is 0.495 e. The zero-order valence-corrected chi connectivity index (χ0v) is 20.3. The maximum atomic E-state index is 12.7. The Morgan fingerprint density at radius 1 is 1.14 bits per heavy atom. The van der Waals surface area contributed by atoms with Gasteiger partial charge in [-0.3, -0.25) is 19.4 Å². The van der Waals surface area contributed by atoms with Crippen LogP contribution >= 0.6 is 11.6 Å². The number of rotatable bonds is 7. The van der Waals surface area contributed by atoms with E-state index in [2.05, 4.69) is 30.9 Å². The van der Waals surface area contributed by atoms with Gasteiger partial charge in [0, 0.05) is 60.8 Å². The summed E-state index contributed by atoms with van der Waals surface area (Å²) in [5.74, 6) is 0.910. The molecule has 0 saturated carbocycles. The van der Waals surface area contributed by atoms with Gasteiger partial charge in [0.25, 0.3) is 0 Å². The van der Waals surface area contributed by atoms with Crippen molar-refractivity contribution in [1.29, 1.82) is 0 Å². The normalized spacial score (nSPS) is 18.0. The van der Waals surface area contributed by atoms with E-state index in [4.69, 9.17) is 16.3 Å². The van der Waals surface area contributed by atoms with Crippen LogP contribution in [0.25, 0.3) is 0 Å². The second-order valence-corrected chi connectivity index (χ2v) is 8.82. The zero-order valence-electron chi connectivity index (χ0n) is 19.6. The molecule has 2 aromatic heterocycles. The summed E-state index contributed by atoms with van der Waals surface area (Å²) in [5.41, 5.74) is 1.46. The second kappa shape index (κ2) is 11.2. The molecule has 0 aliphatic carbocycles. The Morgan fingerprint density at radius 2 is 1.94 bits per heavy atom. The van der Waals surface area contributed by atoms with Gasteiger partial charge in [-0.1, -0.05) is 11.6 Å². The van der Waals surface area contributed by atoms with Crippen LogP contribution in [0.4, 0.5) is 16.3 Å². The van der Waals surface area contributed by atoms with Gasteiger partial charge in [0.15, 0.2) is 5.82 Å². The van der Waals surface area contributed by atoms with Crippen LogP contribution in [0.1, 0.15) is 18.0 Å². The molecule has 1 saturated heterocycles. The van der Waals surface area contributed by atoms with Crippen LogP contribution in [0.15, 0.2) is 54.9 Å². The second-order valence-electron chi connectivity index (χ2n) is 8.39. The molecular formula is C24H28ClN7O3. The Balaban J connectivity index is 1.43. The average molecular weight is 498 g/mol.